The number of phenolic OH excluding ortho intramolecular Hbond substituents is 1. The number of Topliss-reactive ketones (excluding diaryl/α,β-unsaturated/α-hetero) is 2. The summed E-state index contributed by atoms with van der Waals surface area (Å²) >= 11 is 0. The van der Waals surface area contributed by atoms with Gasteiger partial charge in [0.25, 0.3) is 0 Å². The van der Waals surface area contributed by atoms with Gasteiger partial charge in [-0.2, -0.15) is 0 Å². The molecule has 0 aliphatic heterocycles. The van der Waals surface area contributed by atoms with E-state index in [1.54, 1.807) is 25.3 Å². The molecular formula is C25H24O5. The van der Waals surface area contributed by atoms with Crippen LogP contribution >= 0.6 is 0 Å². The Hall–Kier alpha value is -3.60. The van der Waals surface area contributed by atoms with Gasteiger partial charge in [-0.3, -0.25) is 9.59 Å². The predicted molar refractivity (Wildman–Crippen MR) is 114 cm³/mol. The number of aromatic hydroxyl groups is 1. The molecule has 0 amide bonds. The number of ketones is 2. The van der Waals surface area contributed by atoms with Crippen molar-refractivity contribution in [2.24, 2.45) is 5.92 Å². The van der Waals surface area contributed by atoms with Crippen LogP contribution in [0.5, 0.6) is 17.2 Å². The van der Waals surface area contributed by atoms with Crippen LogP contribution in [0.25, 0.3) is 0 Å². The molecule has 0 fully saturated rings. The number of carbonyl (C=O) groups excluding carboxylic acids is 2. The van der Waals surface area contributed by atoms with Gasteiger partial charge in [-0.25, -0.2) is 0 Å². The fraction of sp³-hybridized carbons (Fsp3) is 0.200. The predicted octanol–water partition coefficient (Wildman–Crippen LogP) is 4.26. The Labute approximate surface area is 175 Å². The van der Waals surface area contributed by atoms with Gasteiger partial charge in [0.05, 0.1) is 25.7 Å². The molecule has 0 saturated carbocycles. The highest BCUT2D eigenvalue weighted by Crippen LogP contribution is 2.28. The third kappa shape index (κ3) is 5.06. The van der Waals surface area contributed by atoms with Crippen molar-refractivity contribution in [3.05, 3.63) is 89.5 Å². The molecule has 1 atom stereocenters. The van der Waals surface area contributed by atoms with Gasteiger partial charge >= 0.3 is 0 Å². The summed E-state index contributed by atoms with van der Waals surface area (Å²) in [6.45, 7) is 0. The molecule has 3 aromatic carbocycles. The summed E-state index contributed by atoms with van der Waals surface area (Å²) in [7, 11) is 3.06. The average Bonchev–Trinajstić information content (AvgIpc) is 2.78. The van der Waals surface area contributed by atoms with E-state index in [9.17, 15) is 14.7 Å². The minimum Gasteiger partial charge on any atom is -0.507 e. The molecule has 0 bridgehead atoms. The molecule has 0 aliphatic carbocycles. The van der Waals surface area contributed by atoms with Crippen molar-refractivity contribution in [2.45, 2.75) is 12.8 Å². The lowest BCUT2D eigenvalue weighted by molar-refractivity contribution is -0.120. The van der Waals surface area contributed by atoms with Crippen molar-refractivity contribution in [3.8, 4) is 17.2 Å². The zero-order valence-electron chi connectivity index (χ0n) is 17.0. The standard InChI is InChI=1S/C25H24O5/c1-29-19-10-8-18(9-11-19)15-23(26)22(14-17-6-4-3-5-7-17)25(28)21-13-12-20(30-2)16-24(21)27/h3-13,16,22,27H,14-15H2,1-2H3. The van der Waals surface area contributed by atoms with Crippen molar-refractivity contribution in [1.29, 1.82) is 0 Å². The molecule has 1 unspecified atom stereocenters. The van der Waals surface area contributed by atoms with Crippen molar-refractivity contribution < 1.29 is 24.2 Å². The van der Waals surface area contributed by atoms with Crippen LogP contribution in [-0.4, -0.2) is 30.9 Å². The minimum absolute atomic E-state index is 0.111. The van der Waals surface area contributed by atoms with Crippen LogP contribution in [0.3, 0.4) is 0 Å². The largest absolute Gasteiger partial charge is 0.507 e. The lowest BCUT2D eigenvalue weighted by Crippen LogP contribution is -2.28. The topological polar surface area (TPSA) is 72.8 Å². The van der Waals surface area contributed by atoms with E-state index < -0.39 is 11.7 Å². The van der Waals surface area contributed by atoms with Gasteiger partial charge in [-0.05, 0) is 41.8 Å². The number of phenols is 1. The van der Waals surface area contributed by atoms with Gasteiger partial charge in [-0.15, -0.1) is 0 Å². The van der Waals surface area contributed by atoms with Crippen LogP contribution in [0.1, 0.15) is 21.5 Å². The summed E-state index contributed by atoms with van der Waals surface area (Å²) in [6, 6.07) is 21.1. The first-order valence-electron chi connectivity index (χ1n) is 9.62. The van der Waals surface area contributed by atoms with Crippen molar-refractivity contribution in [2.75, 3.05) is 14.2 Å². The van der Waals surface area contributed by atoms with Crippen LogP contribution in [0, 0.1) is 5.92 Å². The van der Waals surface area contributed by atoms with Crippen molar-refractivity contribution in [3.63, 3.8) is 0 Å². The molecular weight excluding hydrogens is 380 g/mol. The molecule has 5 heteroatoms. The Bertz CT molecular complexity index is 1010. The maximum Gasteiger partial charge on any atom is 0.177 e. The summed E-state index contributed by atoms with van der Waals surface area (Å²) in [4.78, 5) is 26.4. The van der Waals surface area contributed by atoms with Crippen LogP contribution in [0.15, 0.2) is 72.8 Å². The SMILES string of the molecule is COc1ccc(CC(=O)C(Cc2ccccc2)C(=O)c2ccc(OC)cc2O)cc1. The highest BCUT2D eigenvalue weighted by Gasteiger charge is 2.29. The molecule has 30 heavy (non-hydrogen) atoms. The zero-order valence-corrected chi connectivity index (χ0v) is 17.0. The van der Waals surface area contributed by atoms with E-state index in [2.05, 4.69) is 0 Å². The normalized spacial score (nSPS) is 11.5. The smallest absolute Gasteiger partial charge is 0.177 e. The number of hydrogen-bond acceptors (Lipinski definition) is 5. The number of benzene rings is 3. The van der Waals surface area contributed by atoms with Crippen LogP contribution in [0.4, 0.5) is 0 Å². The molecule has 0 aromatic heterocycles. The Kier molecular flexibility index (Phi) is 6.86. The Morgan fingerprint density at radius 2 is 1.47 bits per heavy atom. The lowest BCUT2D eigenvalue weighted by atomic mass is 9.85. The van der Waals surface area contributed by atoms with Crippen LogP contribution < -0.4 is 9.47 Å². The second-order valence-corrected chi connectivity index (χ2v) is 6.98. The van der Waals surface area contributed by atoms with E-state index in [4.69, 9.17) is 9.47 Å². The van der Waals surface area contributed by atoms with Crippen molar-refractivity contribution >= 4 is 11.6 Å². The summed E-state index contributed by atoms with van der Waals surface area (Å²) in [5.74, 6) is -0.579. The highest BCUT2D eigenvalue weighted by atomic mass is 16.5. The Morgan fingerprint density at radius 1 is 0.833 bits per heavy atom. The van der Waals surface area contributed by atoms with Gasteiger partial charge in [0, 0.05) is 12.5 Å². The number of ether oxygens (including phenoxy) is 2. The number of methoxy groups -OCH3 is 2. The maximum absolute atomic E-state index is 13.3. The highest BCUT2D eigenvalue weighted by molar-refractivity contribution is 6.12. The molecule has 0 spiro atoms. The lowest BCUT2D eigenvalue weighted by Gasteiger charge is -2.16. The molecule has 5 nitrogen and oxygen atoms in total. The molecule has 0 aliphatic rings. The van der Waals surface area contributed by atoms with Gasteiger partial charge in [0.15, 0.2) is 5.78 Å². The van der Waals surface area contributed by atoms with E-state index >= 15 is 0 Å². The molecule has 1 N–H and O–H groups in total. The summed E-state index contributed by atoms with van der Waals surface area (Å²) in [6.07, 6.45) is 0.379. The van der Waals surface area contributed by atoms with Gasteiger partial charge in [0.2, 0.25) is 0 Å². The summed E-state index contributed by atoms with van der Waals surface area (Å²) in [5, 5.41) is 10.3. The van der Waals surface area contributed by atoms with Crippen LogP contribution in [0.2, 0.25) is 0 Å². The molecule has 154 valence electrons. The monoisotopic (exact) mass is 404 g/mol. The maximum atomic E-state index is 13.3. The minimum atomic E-state index is -0.909. The quantitative estimate of drug-likeness (QED) is 0.426. The van der Waals surface area contributed by atoms with Crippen molar-refractivity contribution in [1.82, 2.24) is 0 Å². The van der Waals surface area contributed by atoms with E-state index in [-0.39, 0.29) is 29.9 Å². The molecule has 3 aromatic rings. The van der Waals surface area contributed by atoms with Gasteiger partial charge in [0.1, 0.15) is 23.0 Å². The molecule has 3 rings (SSSR count). The summed E-state index contributed by atoms with van der Waals surface area (Å²) in [5.41, 5.74) is 1.79. The third-order valence-corrected chi connectivity index (χ3v) is 5.00. The molecule has 0 saturated heterocycles. The van der Waals surface area contributed by atoms with E-state index in [0.717, 1.165) is 11.1 Å². The first kappa shape index (κ1) is 21.1. The summed E-state index contributed by atoms with van der Waals surface area (Å²) < 4.78 is 10.2. The average molecular weight is 404 g/mol. The first-order valence-corrected chi connectivity index (χ1v) is 9.62. The molecule has 0 heterocycles. The second-order valence-electron chi connectivity index (χ2n) is 6.98. The van der Waals surface area contributed by atoms with E-state index in [1.165, 1.54) is 19.2 Å². The Morgan fingerprint density at radius 3 is 2.07 bits per heavy atom. The fourth-order valence-electron chi connectivity index (χ4n) is 3.30. The van der Waals surface area contributed by atoms with E-state index in [1.807, 2.05) is 42.5 Å². The molecule has 0 radical (unpaired) electrons. The number of hydrogen-bond donors (Lipinski definition) is 1. The van der Waals surface area contributed by atoms with E-state index in [0.29, 0.717) is 11.5 Å². The fourth-order valence-corrected chi connectivity index (χ4v) is 3.30. The number of rotatable bonds is 9. The first-order chi connectivity index (χ1) is 14.5. The second kappa shape index (κ2) is 9.74. The zero-order chi connectivity index (χ0) is 21.5. The van der Waals surface area contributed by atoms with Gasteiger partial charge < -0.3 is 14.6 Å². The van der Waals surface area contributed by atoms with Gasteiger partial charge in [-0.1, -0.05) is 42.5 Å². The Balaban J connectivity index is 1.89. The number of carbonyl (C=O) groups is 2. The van der Waals surface area contributed by atoms with Crippen LogP contribution in [-0.2, 0) is 17.6 Å². The third-order valence-electron chi connectivity index (χ3n) is 5.00.